The number of aliphatic hydroxyl groups excluding tert-OH is 1. The third kappa shape index (κ3) is 3.99. The monoisotopic (exact) mass is 255 g/mol. The Balaban J connectivity index is 2.88. The highest BCUT2D eigenvalue weighted by molar-refractivity contribution is 5.31. The number of hydrogen-bond donors (Lipinski definition) is 2. The average molecular weight is 255 g/mol. The van der Waals surface area contributed by atoms with Gasteiger partial charge in [-0.05, 0) is 19.8 Å². The summed E-state index contributed by atoms with van der Waals surface area (Å²) >= 11 is 0. The van der Waals surface area contributed by atoms with Crippen molar-refractivity contribution in [1.82, 2.24) is 15.1 Å². The van der Waals surface area contributed by atoms with Crippen LogP contribution in [-0.4, -0.2) is 34.6 Å². The second-order valence-corrected chi connectivity index (χ2v) is 4.78. The van der Waals surface area contributed by atoms with E-state index in [2.05, 4.69) is 24.3 Å². The average Bonchev–Trinajstić information content (AvgIpc) is 2.57. The third-order valence-electron chi connectivity index (χ3n) is 2.61. The van der Waals surface area contributed by atoms with Gasteiger partial charge in [-0.15, -0.1) is 0 Å². The van der Waals surface area contributed by atoms with E-state index in [0.29, 0.717) is 25.6 Å². The second kappa shape index (κ2) is 7.38. The van der Waals surface area contributed by atoms with Crippen molar-refractivity contribution < 1.29 is 9.84 Å². The zero-order chi connectivity index (χ0) is 13.5. The number of hydrogen-bond acceptors (Lipinski definition) is 4. The number of aliphatic hydroxyl groups is 1. The van der Waals surface area contributed by atoms with Crippen LogP contribution in [0.5, 0.6) is 5.88 Å². The van der Waals surface area contributed by atoms with Crippen molar-refractivity contribution in [3.8, 4) is 5.88 Å². The normalized spacial score (nSPS) is 11.2. The molecule has 0 saturated heterocycles. The van der Waals surface area contributed by atoms with Crippen LogP contribution in [0.3, 0.4) is 0 Å². The molecule has 18 heavy (non-hydrogen) atoms. The van der Waals surface area contributed by atoms with Crippen molar-refractivity contribution in [3.63, 3.8) is 0 Å². The summed E-state index contributed by atoms with van der Waals surface area (Å²) in [6.45, 7) is 11.2. The zero-order valence-corrected chi connectivity index (χ0v) is 11.9. The summed E-state index contributed by atoms with van der Waals surface area (Å²) in [5, 5.41) is 16.5. The molecule has 5 heteroatoms. The molecule has 5 nitrogen and oxygen atoms in total. The summed E-state index contributed by atoms with van der Waals surface area (Å²) in [4.78, 5) is 0. The Hall–Kier alpha value is -1.07. The molecule has 0 atom stereocenters. The first-order chi connectivity index (χ1) is 8.60. The lowest BCUT2D eigenvalue weighted by molar-refractivity contribution is 0.283. The number of nitrogens with one attached hydrogen (secondary N) is 1. The van der Waals surface area contributed by atoms with Gasteiger partial charge in [-0.1, -0.05) is 13.8 Å². The molecule has 104 valence electrons. The quantitative estimate of drug-likeness (QED) is 0.688. The lowest BCUT2D eigenvalue weighted by Gasteiger charge is -2.12. The molecule has 2 N–H and O–H groups in total. The van der Waals surface area contributed by atoms with Crippen LogP contribution in [0.4, 0.5) is 0 Å². The Bertz CT molecular complexity index is 361. The Morgan fingerprint density at radius 1 is 1.44 bits per heavy atom. The van der Waals surface area contributed by atoms with E-state index < -0.39 is 0 Å². The maximum Gasteiger partial charge on any atom is 0.216 e. The molecule has 0 unspecified atom stereocenters. The Kier molecular flexibility index (Phi) is 6.15. The first kappa shape index (κ1) is 15.0. The standard InChI is InChI=1S/C13H25N3O2/c1-5-18-13-12(8-14-6-7-17)11(4)15-16(13)9-10(2)3/h10,14,17H,5-9H2,1-4H3. The molecule has 0 amide bonds. The summed E-state index contributed by atoms with van der Waals surface area (Å²) < 4.78 is 7.66. The van der Waals surface area contributed by atoms with Gasteiger partial charge in [0.25, 0.3) is 0 Å². The maximum absolute atomic E-state index is 8.80. The minimum absolute atomic E-state index is 0.142. The van der Waals surface area contributed by atoms with Gasteiger partial charge < -0.3 is 15.2 Å². The number of nitrogens with zero attached hydrogens (tertiary/aromatic N) is 2. The summed E-state index contributed by atoms with van der Waals surface area (Å²) in [5.41, 5.74) is 2.08. The number of ether oxygens (including phenoxy) is 1. The lowest BCUT2D eigenvalue weighted by atomic mass is 10.2. The molecule has 0 spiro atoms. The van der Waals surface area contributed by atoms with Gasteiger partial charge in [-0.3, -0.25) is 0 Å². The fourth-order valence-electron chi connectivity index (χ4n) is 1.86. The van der Waals surface area contributed by atoms with Crippen LogP contribution in [-0.2, 0) is 13.1 Å². The molecule has 0 saturated carbocycles. The van der Waals surface area contributed by atoms with Gasteiger partial charge in [0.1, 0.15) is 0 Å². The summed E-state index contributed by atoms with van der Waals surface area (Å²) in [6, 6.07) is 0. The fraction of sp³-hybridized carbons (Fsp3) is 0.769. The minimum atomic E-state index is 0.142. The van der Waals surface area contributed by atoms with E-state index >= 15 is 0 Å². The van der Waals surface area contributed by atoms with Gasteiger partial charge in [-0.2, -0.15) is 5.10 Å². The van der Waals surface area contributed by atoms with Gasteiger partial charge in [0.2, 0.25) is 5.88 Å². The van der Waals surface area contributed by atoms with Crippen LogP contribution >= 0.6 is 0 Å². The molecular formula is C13H25N3O2. The molecule has 0 fully saturated rings. The van der Waals surface area contributed by atoms with Gasteiger partial charge >= 0.3 is 0 Å². The van der Waals surface area contributed by atoms with Gasteiger partial charge in [-0.25, -0.2) is 4.68 Å². The van der Waals surface area contributed by atoms with E-state index in [-0.39, 0.29) is 6.61 Å². The highest BCUT2D eigenvalue weighted by Crippen LogP contribution is 2.23. The molecular weight excluding hydrogens is 230 g/mol. The SMILES string of the molecule is CCOc1c(CNCCO)c(C)nn1CC(C)C. The molecule has 0 bridgehead atoms. The van der Waals surface area contributed by atoms with E-state index in [1.165, 1.54) is 0 Å². The van der Waals surface area contributed by atoms with Crippen LogP contribution < -0.4 is 10.1 Å². The summed E-state index contributed by atoms with van der Waals surface area (Å²) in [6.07, 6.45) is 0. The van der Waals surface area contributed by atoms with Crippen LogP contribution in [0.25, 0.3) is 0 Å². The predicted molar refractivity (Wildman–Crippen MR) is 71.8 cm³/mol. The summed E-state index contributed by atoms with van der Waals surface area (Å²) in [5.74, 6) is 1.39. The zero-order valence-electron chi connectivity index (χ0n) is 11.9. The molecule has 1 rings (SSSR count). The number of aryl methyl sites for hydroxylation is 1. The Morgan fingerprint density at radius 3 is 2.72 bits per heavy atom. The van der Waals surface area contributed by atoms with Gasteiger partial charge in [0, 0.05) is 19.6 Å². The van der Waals surface area contributed by atoms with E-state index in [1.807, 2.05) is 18.5 Å². The molecule has 1 aromatic heterocycles. The van der Waals surface area contributed by atoms with E-state index in [4.69, 9.17) is 9.84 Å². The Labute approximate surface area is 109 Å². The molecule has 1 heterocycles. The topological polar surface area (TPSA) is 59.3 Å². The highest BCUT2D eigenvalue weighted by Gasteiger charge is 2.16. The van der Waals surface area contributed by atoms with Crippen LogP contribution in [0.15, 0.2) is 0 Å². The van der Waals surface area contributed by atoms with Crippen molar-refractivity contribution in [3.05, 3.63) is 11.3 Å². The predicted octanol–water partition coefficient (Wildman–Crippen LogP) is 1.33. The fourth-order valence-corrected chi connectivity index (χ4v) is 1.86. The maximum atomic E-state index is 8.80. The van der Waals surface area contributed by atoms with E-state index in [9.17, 15) is 0 Å². The molecule has 0 aliphatic carbocycles. The van der Waals surface area contributed by atoms with Crippen LogP contribution in [0.1, 0.15) is 32.0 Å². The lowest BCUT2D eigenvalue weighted by Crippen LogP contribution is -2.18. The van der Waals surface area contributed by atoms with E-state index in [0.717, 1.165) is 23.7 Å². The molecule has 0 radical (unpaired) electrons. The Morgan fingerprint density at radius 2 is 2.17 bits per heavy atom. The van der Waals surface area contributed by atoms with Crippen LogP contribution in [0, 0.1) is 12.8 Å². The molecule has 0 aliphatic heterocycles. The second-order valence-electron chi connectivity index (χ2n) is 4.78. The first-order valence-corrected chi connectivity index (χ1v) is 6.60. The van der Waals surface area contributed by atoms with Crippen LogP contribution in [0.2, 0.25) is 0 Å². The first-order valence-electron chi connectivity index (χ1n) is 6.60. The molecule has 0 aliphatic rings. The molecule has 0 aromatic carbocycles. The van der Waals surface area contributed by atoms with Gasteiger partial charge in [0.15, 0.2) is 0 Å². The number of aromatic nitrogens is 2. The third-order valence-corrected chi connectivity index (χ3v) is 2.61. The largest absolute Gasteiger partial charge is 0.478 e. The van der Waals surface area contributed by atoms with Crippen molar-refractivity contribution in [2.45, 2.75) is 40.8 Å². The van der Waals surface area contributed by atoms with Crippen molar-refractivity contribution in [1.29, 1.82) is 0 Å². The van der Waals surface area contributed by atoms with Crippen molar-refractivity contribution >= 4 is 0 Å². The summed E-state index contributed by atoms with van der Waals surface area (Å²) in [7, 11) is 0. The molecule has 1 aromatic rings. The highest BCUT2D eigenvalue weighted by atomic mass is 16.5. The van der Waals surface area contributed by atoms with E-state index in [1.54, 1.807) is 0 Å². The minimum Gasteiger partial charge on any atom is -0.478 e. The van der Waals surface area contributed by atoms with Crippen molar-refractivity contribution in [2.24, 2.45) is 5.92 Å². The number of rotatable bonds is 8. The van der Waals surface area contributed by atoms with Gasteiger partial charge in [0.05, 0.1) is 24.5 Å². The van der Waals surface area contributed by atoms with Crippen molar-refractivity contribution in [2.75, 3.05) is 19.8 Å². The smallest absolute Gasteiger partial charge is 0.216 e.